The summed E-state index contributed by atoms with van der Waals surface area (Å²) in [4.78, 5) is 0. The SMILES string of the molecule is C=C1/C(=C\C=C2/CCC[C@@]3(C)C2CC[C@@H]3[C@@H](C)CC#CCC(F)(F)F)CCC[C@@H]1O.CC.CC. The van der Waals surface area contributed by atoms with Gasteiger partial charge in [0.05, 0.1) is 6.10 Å². The zero-order valence-corrected chi connectivity index (χ0v) is 22.3. The van der Waals surface area contributed by atoms with E-state index in [4.69, 9.17) is 0 Å². The fourth-order valence-corrected chi connectivity index (χ4v) is 6.19. The van der Waals surface area contributed by atoms with Crippen molar-refractivity contribution in [1.29, 1.82) is 0 Å². The molecule has 0 saturated heterocycles. The van der Waals surface area contributed by atoms with Crippen LogP contribution in [0.15, 0.2) is 35.5 Å². The van der Waals surface area contributed by atoms with Gasteiger partial charge < -0.3 is 5.11 Å². The number of aliphatic hydroxyl groups is 1. The van der Waals surface area contributed by atoms with Crippen molar-refractivity contribution in [2.75, 3.05) is 0 Å². The number of fused-ring (bicyclic) bond motifs is 1. The Bertz CT molecular complexity index is 764. The van der Waals surface area contributed by atoms with Crippen molar-refractivity contribution in [2.45, 2.75) is 118 Å². The Morgan fingerprint density at radius 3 is 2.38 bits per heavy atom. The molecule has 1 N–H and O–H groups in total. The summed E-state index contributed by atoms with van der Waals surface area (Å²) in [5, 5.41) is 10.1. The molecule has 5 atom stereocenters. The highest BCUT2D eigenvalue weighted by Gasteiger charge is 2.50. The highest BCUT2D eigenvalue weighted by atomic mass is 19.4. The van der Waals surface area contributed by atoms with E-state index in [-0.39, 0.29) is 5.41 Å². The van der Waals surface area contributed by atoms with Gasteiger partial charge in [0.1, 0.15) is 6.42 Å². The van der Waals surface area contributed by atoms with Gasteiger partial charge in [0.15, 0.2) is 0 Å². The lowest BCUT2D eigenvalue weighted by Gasteiger charge is -2.44. The van der Waals surface area contributed by atoms with Crippen molar-refractivity contribution in [3.63, 3.8) is 0 Å². The topological polar surface area (TPSA) is 20.2 Å². The Kier molecular flexibility index (Phi) is 12.7. The van der Waals surface area contributed by atoms with Crippen LogP contribution in [0.4, 0.5) is 13.2 Å². The number of allylic oxidation sites excluding steroid dienone is 3. The molecule has 3 rings (SSSR count). The second-order valence-corrected chi connectivity index (χ2v) is 9.79. The van der Waals surface area contributed by atoms with Crippen LogP contribution >= 0.6 is 0 Å². The maximum atomic E-state index is 12.3. The summed E-state index contributed by atoms with van der Waals surface area (Å²) in [6, 6.07) is 0. The van der Waals surface area contributed by atoms with Gasteiger partial charge in [-0.05, 0) is 85.7 Å². The van der Waals surface area contributed by atoms with Gasteiger partial charge in [-0.25, -0.2) is 0 Å². The largest absolute Gasteiger partial charge is 0.399 e. The molecule has 1 unspecified atom stereocenters. The highest BCUT2D eigenvalue weighted by molar-refractivity contribution is 5.37. The molecule has 1 nitrogen and oxygen atoms in total. The molecule has 3 aliphatic carbocycles. The summed E-state index contributed by atoms with van der Waals surface area (Å²) in [5.74, 6) is 6.47. The van der Waals surface area contributed by atoms with E-state index in [1.165, 1.54) is 17.6 Å². The first-order valence-electron chi connectivity index (χ1n) is 13.4. The summed E-state index contributed by atoms with van der Waals surface area (Å²) < 4.78 is 37.0. The normalized spacial score (nSPS) is 31.9. The minimum Gasteiger partial charge on any atom is -0.388 e. The Morgan fingerprint density at radius 1 is 1.06 bits per heavy atom. The number of alkyl halides is 3. The van der Waals surface area contributed by atoms with Crippen molar-refractivity contribution in [3.05, 3.63) is 35.5 Å². The lowest BCUT2D eigenvalue weighted by Crippen LogP contribution is -2.35. The van der Waals surface area contributed by atoms with Gasteiger partial charge in [-0.2, -0.15) is 13.2 Å². The van der Waals surface area contributed by atoms with Gasteiger partial charge in [-0.1, -0.05) is 71.8 Å². The minimum atomic E-state index is -4.20. The molecule has 0 spiro atoms. The maximum Gasteiger partial charge on any atom is 0.399 e. The maximum absolute atomic E-state index is 12.3. The monoisotopic (exact) mass is 480 g/mol. The fraction of sp³-hybridized carbons (Fsp3) is 0.733. The summed E-state index contributed by atoms with van der Waals surface area (Å²) in [7, 11) is 0. The van der Waals surface area contributed by atoms with Crippen LogP contribution in [0.25, 0.3) is 0 Å². The first-order valence-corrected chi connectivity index (χ1v) is 13.4. The van der Waals surface area contributed by atoms with Crippen molar-refractivity contribution in [2.24, 2.45) is 23.2 Å². The molecule has 0 heterocycles. The molecule has 4 heteroatoms. The Hall–Kier alpha value is -1.47. The first kappa shape index (κ1) is 30.6. The van der Waals surface area contributed by atoms with Crippen molar-refractivity contribution < 1.29 is 18.3 Å². The second kappa shape index (κ2) is 14.2. The van der Waals surface area contributed by atoms with E-state index in [9.17, 15) is 18.3 Å². The molecule has 0 aromatic heterocycles. The predicted molar refractivity (Wildman–Crippen MR) is 138 cm³/mol. The Balaban J connectivity index is 0.00000137. The zero-order chi connectivity index (χ0) is 25.9. The fourth-order valence-electron chi connectivity index (χ4n) is 6.19. The Morgan fingerprint density at radius 2 is 1.74 bits per heavy atom. The van der Waals surface area contributed by atoms with Gasteiger partial charge in [-0.3, -0.25) is 0 Å². The molecule has 3 saturated carbocycles. The summed E-state index contributed by atoms with van der Waals surface area (Å²) in [6.45, 7) is 16.6. The number of hydrogen-bond acceptors (Lipinski definition) is 1. The van der Waals surface area contributed by atoms with E-state index < -0.39 is 18.7 Å². The first-order chi connectivity index (χ1) is 16.1. The van der Waals surface area contributed by atoms with E-state index in [0.29, 0.717) is 24.2 Å². The molecule has 0 radical (unpaired) electrons. The average molecular weight is 481 g/mol. The molecule has 0 amide bonds. The van der Waals surface area contributed by atoms with Crippen molar-refractivity contribution >= 4 is 0 Å². The smallest absolute Gasteiger partial charge is 0.388 e. The molecule has 34 heavy (non-hydrogen) atoms. The van der Waals surface area contributed by atoms with Gasteiger partial charge in [0, 0.05) is 6.42 Å². The second-order valence-electron chi connectivity index (χ2n) is 9.79. The predicted octanol–water partition coefficient (Wildman–Crippen LogP) is 9.19. The van der Waals surface area contributed by atoms with Crippen LogP contribution < -0.4 is 0 Å². The van der Waals surface area contributed by atoms with Crippen LogP contribution in [-0.4, -0.2) is 17.4 Å². The van der Waals surface area contributed by atoms with Crippen LogP contribution in [-0.2, 0) is 0 Å². The van der Waals surface area contributed by atoms with E-state index in [1.807, 2.05) is 27.7 Å². The van der Waals surface area contributed by atoms with Gasteiger partial charge in [0.2, 0.25) is 0 Å². The van der Waals surface area contributed by atoms with Gasteiger partial charge in [-0.15, -0.1) is 5.92 Å². The standard InChI is InChI=1S/C26H35F3O.2C2H6/c1-18(8-4-5-17-26(27,28)29)22-14-15-23-21(10-7-16-25(22,23)3)13-12-20-9-6-11-24(30)19(20)2;2*1-2/h12-13,18,22-24,30H,2,6-11,14-17H2,1,3H3;2*1-2H3/b20-12-,21-13+;;/t18-,22+,23?,24-,25+;;/m0../s1. The quantitative estimate of drug-likeness (QED) is 0.399. The third kappa shape index (κ3) is 8.04. The van der Waals surface area contributed by atoms with Crippen LogP contribution in [0.3, 0.4) is 0 Å². The van der Waals surface area contributed by atoms with E-state index >= 15 is 0 Å². The summed E-state index contributed by atoms with van der Waals surface area (Å²) in [6.07, 6.45) is 7.94. The highest BCUT2D eigenvalue weighted by Crippen LogP contribution is 2.59. The molecule has 0 aromatic rings. The summed E-state index contributed by atoms with van der Waals surface area (Å²) >= 11 is 0. The van der Waals surface area contributed by atoms with Crippen molar-refractivity contribution in [3.8, 4) is 11.8 Å². The summed E-state index contributed by atoms with van der Waals surface area (Å²) in [5.41, 5.74) is 3.75. The molecular formula is C30H47F3O. The lowest BCUT2D eigenvalue weighted by molar-refractivity contribution is -0.123. The van der Waals surface area contributed by atoms with E-state index in [0.717, 1.165) is 50.5 Å². The zero-order valence-electron chi connectivity index (χ0n) is 22.3. The molecule has 3 aliphatic rings. The average Bonchev–Trinajstić information content (AvgIpc) is 3.17. The minimum absolute atomic E-state index is 0.205. The van der Waals surface area contributed by atoms with E-state index in [2.05, 4.69) is 44.4 Å². The molecule has 0 aliphatic heterocycles. The lowest BCUT2D eigenvalue weighted by atomic mass is 9.61. The van der Waals surface area contributed by atoms with Gasteiger partial charge in [0.25, 0.3) is 0 Å². The number of aliphatic hydroxyl groups excluding tert-OH is 1. The van der Waals surface area contributed by atoms with Crippen LogP contribution in [0.2, 0.25) is 0 Å². The van der Waals surface area contributed by atoms with Crippen molar-refractivity contribution in [1.82, 2.24) is 0 Å². The van der Waals surface area contributed by atoms with E-state index in [1.54, 1.807) is 0 Å². The Labute approximate surface area is 207 Å². The molecule has 0 bridgehead atoms. The molecular weight excluding hydrogens is 433 g/mol. The van der Waals surface area contributed by atoms with Gasteiger partial charge >= 0.3 is 6.18 Å². The number of hydrogen-bond donors (Lipinski definition) is 1. The van der Waals surface area contributed by atoms with Crippen LogP contribution in [0, 0.1) is 35.0 Å². The number of rotatable bonds is 3. The third-order valence-electron chi connectivity index (χ3n) is 7.80. The van der Waals surface area contributed by atoms with Crippen LogP contribution in [0.5, 0.6) is 0 Å². The van der Waals surface area contributed by atoms with Crippen LogP contribution in [0.1, 0.15) is 106 Å². The molecule has 3 fully saturated rings. The third-order valence-corrected chi connectivity index (χ3v) is 7.80. The molecule has 194 valence electrons. The number of halogens is 3. The molecule has 0 aromatic carbocycles.